The van der Waals surface area contributed by atoms with Crippen LogP contribution in [0, 0.1) is 6.92 Å². The molecule has 0 bridgehead atoms. The van der Waals surface area contributed by atoms with Crippen LogP contribution in [0.15, 0.2) is 35.5 Å². The van der Waals surface area contributed by atoms with Gasteiger partial charge in [-0.05, 0) is 25.1 Å². The molecular formula is C12H15N3O3S. The molecule has 0 aliphatic heterocycles. The summed E-state index contributed by atoms with van der Waals surface area (Å²) in [6.45, 7) is 1.57. The average Bonchev–Trinajstić information content (AvgIpc) is 2.71. The zero-order valence-electron chi connectivity index (χ0n) is 10.7. The summed E-state index contributed by atoms with van der Waals surface area (Å²) in [6.07, 6.45) is 3.00. The van der Waals surface area contributed by atoms with Gasteiger partial charge in [-0.2, -0.15) is 0 Å². The van der Waals surface area contributed by atoms with Crippen LogP contribution < -0.4 is 4.72 Å². The lowest BCUT2D eigenvalue weighted by atomic mass is 10.3. The van der Waals surface area contributed by atoms with E-state index in [0.717, 1.165) is 5.69 Å². The Balaban J connectivity index is 2.32. The maximum atomic E-state index is 12.2. The first-order valence-electron chi connectivity index (χ1n) is 5.64. The predicted octanol–water partition coefficient (Wildman–Crippen LogP) is 1.02. The number of aliphatic hydroxyl groups is 1. The van der Waals surface area contributed by atoms with Crippen molar-refractivity contribution in [2.75, 3.05) is 4.72 Å². The second-order valence-electron chi connectivity index (χ2n) is 4.23. The smallest absolute Gasteiger partial charge is 0.263 e. The molecular weight excluding hydrogens is 266 g/mol. The first-order valence-corrected chi connectivity index (χ1v) is 7.12. The zero-order chi connectivity index (χ0) is 14.0. The van der Waals surface area contributed by atoms with Gasteiger partial charge in [0.05, 0.1) is 12.3 Å². The summed E-state index contributed by atoms with van der Waals surface area (Å²) >= 11 is 0. The van der Waals surface area contributed by atoms with E-state index in [0.29, 0.717) is 11.4 Å². The van der Waals surface area contributed by atoms with Gasteiger partial charge in [0.1, 0.15) is 4.90 Å². The van der Waals surface area contributed by atoms with Gasteiger partial charge >= 0.3 is 0 Å². The van der Waals surface area contributed by atoms with Gasteiger partial charge in [-0.25, -0.2) is 8.42 Å². The highest BCUT2D eigenvalue weighted by Gasteiger charge is 2.17. The largest absolute Gasteiger partial charge is 0.390 e. The monoisotopic (exact) mass is 281 g/mol. The fourth-order valence-electron chi connectivity index (χ4n) is 1.70. The highest BCUT2D eigenvalue weighted by Crippen LogP contribution is 2.18. The highest BCUT2D eigenvalue weighted by molar-refractivity contribution is 7.92. The number of anilines is 1. The van der Waals surface area contributed by atoms with Crippen molar-refractivity contribution >= 4 is 15.7 Å². The van der Waals surface area contributed by atoms with E-state index < -0.39 is 10.0 Å². The molecule has 6 nitrogen and oxygen atoms in total. The number of nitrogens with zero attached hydrogens (tertiary/aromatic N) is 2. The molecule has 2 aromatic heterocycles. The lowest BCUT2D eigenvalue weighted by Gasteiger charge is -2.06. The molecule has 0 fully saturated rings. The van der Waals surface area contributed by atoms with Crippen LogP contribution in [-0.2, 0) is 23.7 Å². The van der Waals surface area contributed by atoms with Crippen molar-refractivity contribution in [2.45, 2.75) is 18.4 Å². The van der Waals surface area contributed by atoms with E-state index in [1.807, 2.05) is 0 Å². The van der Waals surface area contributed by atoms with E-state index in [2.05, 4.69) is 9.71 Å². The van der Waals surface area contributed by atoms with Crippen molar-refractivity contribution in [2.24, 2.45) is 7.05 Å². The molecule has 2 aromatic rings. The molecule has 19 heavy (non-hydrogen) atoms. The minimum absolute atomic E-state index is 0.119. The summed E-state index contributed by atoms with van der Waals surface area (Å²) in [7, 11) is -1.97. The fraction of sp³-hybridized carbons (Fsp3) is 0.250. The molecule has 0 radical (unpaired) electrons. The van der Waals surface area contributed by atoms with E-state index in [4.69, 9.17) is 5.11 Å². The molecule has 2 N–H and O–H groups in total. The average molecular weight is 281 g/mol. The number of sulfonamides is 1. The number of hydrogen-bond acceptors (Lipinski definition) is 4. The van der Waals surface area contributed by atoms with Gasteiger partial charge in [0, 0.05) is 30.8 Å². The molecule has 0 unspecified atom stereocenters. The summed E-state index contributed by atoms with van der Waals surface area (Å²) in [4.78, 5) is 4.12. The minimum atomic E-state index is -3.65. The molecule has 102 valence electrons. The number of hydrogen-bond donors (Lipinski definition) is 2. The first kappa shape index (κ1) is 13.6. The van der Waals surface area contributed by atoms with E-state index in [-0.39, 0.29) is 11.5 Å². The van der Waals surface area contributed by atoms with Crippen LogP contribution in [0.5, 0.6) is 0 Å². The molecule has 0 saturated carbocycles. The Labute approximate surface area is 111 Å². The summed E-state index contributed by atoms with van der Waals surface area (Å²) in [6, 6.07) is 4.67. The van der Waals surface area contributed by atoms with E-state index in [9.17, 15) is 8.42 Å². The lowest BCUT2D eigenvalue weighted by molar-refractivity contribution is 0.272. The molecule has 0 atom stereocenters. The maximum absolute atomic E-state index is 12.2. The van der Waals surface area contributed by atoms with Gasteiger partial charge in [-0.3, -0.25) is 9.71 Å². The van der Waals surface area contributed by atoms with E-state index in [1.54, 1.807) is 30.7 Å². The van der Waals surface area contributed by atoms with Crippen LogP contribution >= 0.6 is 0 Å². The molecule has 0 aliphatic carbocycles. The molecule has 0 aromatic carbocycles. The number of aromatic nitrogens is 2. The molecule has 2 rings (SSSR count). The van der Waals surface area contributed by atoms with Gasteiger partial charge < -0.3 is 9.67 Å². The zero-order valence-corrected chi connectivity index (χ0v) is 11.5. The standard InChI is InChI=1S/C12H15N3O3S/c1-9-5-10(3-4-13-9)14-19(17,18)12-6-11(8-16)15(2)7-12/h3-7,16H,8H2,1-2H3,(H,13,14). The topological polar surface area (TPSA) is 84.2 Å². The van der Waals surface area contributed by atoms with Crippen LogP contribution in [0.3, 0.4) is 0 Å². The number of nitrogens with one attached hydrogen (secondary N) is 1. The van der Waals surface area contributed by atoms with Crippen LogP contribution in [0.2, 0.25) is 0 Å². The quantitative estimate of drug-likeness (QED) is 0.876. The number of rotatable bonds is 4. The summed E-state index contributed by atoms with van der Waals surface area (Å²) in [5, 5.41) is 9.08. The van der Waals surface area contributed by atoms with Gasteiger partial charge in [0.25, 0.3) is 10.0 Å². The molecule has 7 heteroatoms. The van der Waals surface area contributed by atoms with Gasteiger partial charge in [-0.1, -0.05) is 0 Å². The van der Waals surface area contributed by atoms with Crippen molar-refractivity contribution in [1.29, 1.82) is 0 Å². The Kier molecular flexibility index (Phi) is 3.59. The van der Waals surface area contributed by atoms with Gasteiger partial charge in [-0.15, -0.1) is 0 Å². The van der Waals surface area contributed by atoms with Crippen molar-refractivity contribution in [3.63, 3.8) is 0 Å². The Morgan fingerprint density at radius 3 is 2.74 bits per heavy atom. The minimum Gasteiger partial charge on any atom is -0.390 e. The Hall–Kier alpha value is -1.86. The maximum Gasteiger partial charge on any atom is 0.263 e. The van der Waals surface area contributed by atoms with Crippen LogP contribution in [0.1, 0.15) is 11.4 Å². The van der Waals surface area contributed by atoms with Crippen molar-refractivity contribution in [3.05, 3.63) is 42.0 Å². The van der Waals surface area contributed by atoms with Gasteiger partial charge in [0.2, 0.25) is 0 Å². The van der Waals surface area contributed by atoms with E-state index in [1.165, 1.54) is 18.5 Å². The summed E-state index contributed by atoms with van der Waals surface area (Å²) in [5.74, 6) is 0. The normalized spacial score (nSPS) is 11.5. The third-order valence-electron chi connectivity index (χ3n) is 2.70. The molecule has 0 amide bonds. The Bertz CT molecular complexity index is 692. The number of aryl methyl sites for hydroxylation is 2. The summed E-state index contributed by atoms with van der Waals surface area (Å²) < 4.78 is 28.4. The second-order valence-corrected chi connectivity index (χ2v) is 5.91. The van der Waals surface area contributed by atoms with E-state index >= 15 is 0 Å². The van der Waals surface area contributed by atoms with Gasteiger partial charge in [0.15, 0.2) is 0 Å². The van der Waals surface area contributed by atoms with Crippen LogP contribution in [0.4, 0.5) is 5.69 Å². The first-order chi connectivity index (χ1) is 8.92. The van der Waals surface area contributed by atoms with Crippen molar-refractivity contribution in [1.82, 2.24) is 9.55 Å². The second kappa shape index (κ2) is 5.02. The number of pyridine rings is 1. The fourth-order valence-corrected chi connectivity index (χ4v) is 2.85. The molecule has 0 spiro atoms. The Morgan fingerprint density at radius 2 is 2.16 bits per heavy atom. The van der Waals surface area contributed by atoms with Crippen molar-refractivity contribution in [3.8, 4) is 0 Å². The predicted molar refractivity (Wildman–Crippen MR) is 71.1 cm³/mol. The lowest BCUT2D eigenvalue weighted by Crippen LogP contribution is -2.12. The highest BCUT2D eigenvalue weighted by atomic mass is 32.2. The van der Waals surface area contributed by atoms with Crippen LogP contribution in [0.25, 0.3) is 0 Å². The molecule has 0 saturated heterocycles. The third kappa shape index (κ3) is 2.94. The Morgan fingerprint density at radius 1 is 1.42 bits per heavy atom. The van der Waals surface area contributed by atoms with Crippen molar-refractivity contribution < 1.29 is 13.5 Å². The number of aliphatic hydroxyl groups excluding tert-OH is 1. The SMILES string of the molecule is Cc1cc(NS(=O)(=O)c2cc(CO)n(C)c2)ccn1. The molecule has 2 heterocycles. The third-order valence-corrected chi connectivity index (χ3v) is 4.05. The summed E-state index contributed by atoms with van der Waals surface area (Å²) in [5.41, 5.74) is 1.72. The molecule has 0 aliphatic rings. The van der Waals surface area contributed by atoms with Crippen LogP contribution in [-0.4, -0.2) is 23.1 Å².